The maximum atomic E-state index is 10.3. The number of aromatic nitrogens is 2. The molecular weight excluding hydrogens is 370 g/mol. The minimum absolute atomic E-state index is 0.285. The second-order valence-corrected chi connectivity index (χ2v) is 8.32. The Morgan fingerprint density at radius 3 is 2.77 bits per heavy atom. The number of thiophene rings is 1. The van der Waals surface area contributed by atoms with Crippen LogP contribution < -0.4 is 5.32 Å². The first-order valence-corrected chi connectivity index (χ1v) is 9.96. The van der Waals surface area contributed by atoms with Gasteiger partial charge in [-0.25, -0.2) is 0 Å². The van der Waals surface area contributed by atoms with E-state index in [4.69, 9.17) is 11.6 Å². The van der Waals surface area contributed by atoms with Gasteiger partial charge in [0.05, 0.1) is 16.6 Å². The highest BCUT2D eigenvalue weighted by Crippen LogP contribution is 2.27. The summed E-state index contributed by atoms with van der Waals surface area (Å²) in [5.41, 5.74) is 2.28. The lowest BCUT2D eigenvalue weighted by atomic mass is 10.1. The third-order valence-corrected chi connectivity index (χ3v) is 5.26. The highest BCUT2D eigenvalue weighted by Gasteiger charge is 2.16. The Morgan fingerprint density at radius 1 is 1.46 bits per heavy atom. The van der Waals surface area contributed by atoms with E-state index in [1.54, 1.807) is 6.07 Å². The first-order valence-electron chi connectivity index (χ1n) is 8.77. The molecule has 0 amide bonds. The fourth-order valence-electron chi connectivity index (χ4n) is 2.73. The van der Waals surface area contributed by atoms with Crippen LogP contribution in [-0.4, -0.2) is 45.9 Å². The molecule has 0 aliphatic rings. The molecule has 0 spiro atoms. The number of rotatable bonds is 7. The summed E-state index contributed by atoms with van der Waals surface area (Å²) in [7, 11) is 3.93. The van der Waals surface area contributed by atoms with Crippen LogP contribution in [-0.2, 0) is 13.6 Å². The molecule has 0 aromatic carbocycles. The molecule has 2 heterocycles. The van der Waals surface area contributed by atoms with Crippen LogP contribution in [0.4, 0.5) is 0 Å². The maximum Gasteiger partial charge on any atom is 0.194 e. The van der Waals surface area contributed by atoms with E-state index in [1.165, 1.54) is 16.9 Å². The number of hydrogen-bond acceptors (Lipinski definition) is 4. The zero-order chi connectivity index (χ0) is 19.3. The number of aliphatic hydroxyl groups is 1. The normalized spacial score (nSPS) is 13.3. The quantitative estimate of drug-likeness (QED) is 0.555. The molecule has 8 heteroatoms. The van der Waals surface area contributed by atoms with Crippen molar-refractivity contribution in [2.75, 3.05) is 20.1 Å². The van der Waals surface area contributed by atoms with E-state index in [1.807, 2.05) is 31.8 Å². The van der Waals surface area contributed by atoms with Crippen LogP contribution in [0.25, 0.3) is 0 Å². The van der Waals surface area contributed by atoms with Gasteiger partial charge in [0.1, 0.15) is 6.10 Å². The van der Waals surface area contributed by atoms with Crippen molar-refractivity contribution in [3.8, 4) is 0 Å². The largest absolute Gasteiger partial charge is 0.386 e. The standard InChI is InChI=1S/C18H28ClN5OS/c1-6-20-18(21-9-14(25)15-7-8-16(19)26-15)23(4)10-13-11-24(5)22-17(13)12(2)3/h7-8,11-12,14,25H,6,9-10H2,1-5H3,(H,20,21). The second kappa shape index (κ2) is 9.39. The van der Waals surface area contributed by atoms with Gasteiger partial charge >= 0.3 is 0 Å². The first-order chi connectivity index (χ1) is 12.3. The fourth-order valence-corrected chi connectivity index (χ4v) is 3.77. The van der Waals surface area contributed by atoms with Gasteiger partial charge in [-0.1, -0.05) is 25.4 Å². The maximum absolute atomic E-state index is 10.3. The van der Waals surface area contributed by atoms with Crippen molar-refractivity contribution < 1.29 is 5.11 Å². The van der Waals surface area contributed by atoms with E-state index in [0.29, 0.717) is 16.8 Å². The summed E-state index contributed by atoms with van der Waals surface area (Å²) in [5, 5.41) is 18.2. The Balaban J connectivity index is 2.10. The van der Waals surface area contributed by atoms with E-state index in [2.05, 4.69) is 40.4 Å². The van der Waals surface area contributed by atoms with Gasteiger partial charge in [-0.2, -0.15) is 5.10 Å². The Bertz CT molecular complexity index is 740. The number of hydrogen-bond donors (Lipinski definition) is 2. The second-order valence-electron chi connectivity index (χ2n) is 6.58. The van der Waals surface area contributed by atoms with E-state index in [-0.39, 0.29) is 6.54 Å². The van der Waals surface area contributed by atoms with Crippen molar-refractivity contribution in [3.63, 3.8) is 0 Å². The smallest absolute Gasteiger partial charge is 0.194 e. The third-order valence-electron chi connectivity index (χ3n) is 3.92. The van der Waals surface area contributed by atoms with Gasteiger partial charge < -0.3 is 15.3 Å². The first kappa shape index (κ1) is 20.7. The lowest BCUT2D eigenvalue weighted by molar-refractivity contribution is 0.190. The molecule has 1 atom stereocenters. The van der Waals surface area contributed by atoms with Crippen LogP contribution in [0.2, 0.25) is 4.34 Å². The lowest BCUT2D eigenvalue weighted by Crippen LogP contribution is -2.39. The van der Waals surface area contributed by atoms with Crippen LogP contribution >= 0.6 is 22.9 Å². The van der Waals surface area contributed by atoms with Crippen LogP contribution in [0.1, 0.15) is 48.9 Å². The zero-order valence-corrected chi connectivity index (χ0v) is 17.6. The van der Waals surface area contributed by atoms with Crippen LogP contribution in [0.15, 0.2) is 23.3 Å². The highest BCUT2D eigenvalue weighted by molar-refractivity contribution is 7.16. The van der Waals surface area contributed by atoms with Crippen molar-refractivity contribution in [2.24, 2.45) is 12.0 Å². The van der Waals surface area contributed by atoms with Gasteiger partial charge in [0.15, 0.2) is 5.96 Å². The molecule has 0 radical (unpaired) electrons. The number of aryl methyl sites for hydroxylation is 1. The van der Waals surface area contributed by atoms with Gasteiger partial charge in [-0.15, -0.1) is 11.3 Å². The number of nitrogens with zero attached hydrogens (tertiary/aromatic N) is 4. The van der Waals surface area contributed by atoms with E-state index in [0.717, 1.165) is 23.1 Å². The Labute approximate surface area is 164 Å². The van der Waals surface area contributed by atoms with E-state index >= 15 is 0 Å². The van der Waals surface area contributed by atoms with Crippen molar-refractivity contribution in [3.05, 3.63) is 38.8 Å². The molecule has 6 nitrogen and oxygen atoms in total. The molecule has 2 N–H and O–H groups in total. The molecule has 144 valence electrons. The third kappa shape index (κ3) is 5.46. The number of halogens is 1. The average molecular weight is 398 g/mol. The van der Waals surface area contributed by atoms with Gasteiger partial charge in [0.25, 0.3) is 0 Å². The van der Waals surface area contributed by atoms with Crippen molar-refractivity contribution in [1.82, 2.24) is 20.0 Å². The molecule has 26 heavy (non-hydrogen) atoms. The molecule has 1 unspecified atom stereocenters. The summed E-state index contributed by atoms with van der Waals surface area (Å²) in [5.74, 6) is 1.12. The van der Waals surface area contributed by atoms with E-state index < -0.39 is 6.10 Å². The predicted octanol–water partition coefficient (Wildman–Crippen LogP) is 3.39. The minimum atomic E-state index is -0.654. The fraction of sp³-hybridized carbons (Fsp3) is 0.556. The Hall–Kier alpha value is -1.57. The average Bonchev–Trinajstić information content (AvgIpc) is 3.16. The highest BCUT2D eigenvalue weighted by atomic mass is 35.5. The van der Waals surface area contributed by atoms with E-state index in [9.17, 15) is 5.11 Å². The zero-order valence-electron chi connectivity index (χ0n) is 16.0. The molecule has 2 aromatic rings. The molecule has 0 bridgehead atoms. The number of nitrogens with one attached hydrogen (secondary N) is 1. The van der Waals surface area contributed by atoms with Crippen LogP contribution in [0, 0.1) is 0 Å². The monoisotopic (exact) mass is 397 g/mol. The molecule has 2 aromatic heterocycles. The summed E-state index contributed by atoms with van der Waals surface area (Å²) >= 11 is 7.32. The Kier molecular flexibility index (Phi) is 7.49. The molecular formula is C18H28ClN5OS. The number of aliphatic hydroxyl groups excluding tert-OH is 1. The van der Waals surface area contributed by atoms with Gasteiger partial charge in [0, 0.05) is 43.8 Å². The summed E-state index contributed by atoms with van der Waals surface area (Å²) in [4.78, 5) is 7.48. The topological polar surface area (TPSA) is 65.7 Å². The molecule has 0 saturated carbocycles. The SMILES string of the molecule is CCNC(=NCC(O)c1ccc(Cl)s1)N(C)Cc1cn(C)nc1C(C)C. The van der Waals surface area contributed by atoms with Crippen molar-refractivity contribution in [2.45, 2.75) is 39.3 Å². The number of aliphatic imine (C=N–C) groups is 1. The Morgan fingerprint density at radius 2 is 2.19 bits per heavy atom. The predicted molar refractivity (Wildman–Crippen MR) is 109 cm³/mol. The van der Waals surface area contributed by atoms with Gasteiger partial charge in [-0.05, 0) is 25.0 Å². The van der Waals surface area contributed by atoms with Crippen molar-refractivity contribution in [1.29, 1.82) is 0 Å². The number of guanidine groups is 1. The molecule has 2 rings (SSSR count). The molecule has 0 fully saturated rings. The molecule has 0 aliphatic carbocycles. The minimum Gasteiger partial charge on any atom is -0.386 e. The van der Waals surface area contributed by atoms with Crippen LogP contribution in [0.3, 0.4) is 0 Å². The lowest BCUT2D eigenvalue weighted by Gasteiger charge is -2.22. The molecule has 0 saturated heterocycles. The van der Waals surface area contributed by atoms with Gasteiger partial charge in [0.2, 0.25) is 0 Å². The summed E-state index contributed by atoms with van der Waals surface area (Å²) in [6, 6.07) is 3.63. The summed E-state index contributed by atoms with van der Waals surface area (Å²) in [6.07, 6.45) is 1.40. The van der Waals surface area contributed by atoms with Gasteiger partial charge in [-0.3, -0.25) is 9.67 Å². The summed E-state index contributed by atoms with van der Waals surface area (Å²) < 4.78 is 2.53. The van der Waals surface area contributed by atoms with Crippen molar-refractivity contribution >= 4 is 28.9 Å². The summed E-state index contributed by atoms with van der Waals surface area (Å²) in [6.45, 7) is 8.07. The van der Waals surface area contributed by atoms with Crippen LogP contribution in [0.5, 0.6) is 0 Å². The molecule has 0 aliphatic heterocycles.